The Morgan fingerprint density at radius 3 is 3.05 bits per heavy atom. The smallest absolute Gasteiger partial charge is 0.258 e. The van der Waals surface area contributed by atoms with Crippen LogP contribution in [0.5, 0.6) is 0 Å². The van der Waals surface area contributed by atoms with Gasteiger partial charge in [-0.2, -0.15) is 5.10 Å². The second-order valence-electron chi connectivity index (χ2n) is 5.93. The summed E-state index contributed by atoms with van der Waals surface area (Å²) < 4.78 is 5.43. The number of H-pyrrole nitrogens is 1. The van der Waals surface area contributed by atoms with Crippen molar-refractivity contribution >= 4 is 11.7 Å². The van der Waals surface area contributed by atoms with E-state index in [4.69, 9.17) is 4.74 Å². The molecule has 0 saturated heterocycles. The summed E-state index contributed by atoms with van der Waals surface area (Å²) in [5, 5.41) is 10.0. The second-order valence-corrected chi connectivity index (χ2v) is 5.93. The summed E-state index contributed by atoms with van der Waals surface area (Å²) in [4.78, 5) is 17.0. The molecule has 0 spiro atoms. The first-order valence-corrected chi connectivity index (χ1v) is 7.65. The van der Waals surface area contributed by atoms with Crippen LogP contribution >= 0.6 is 0 Å². The predicted molar refractivity (Wildman–Crippen MR) is 80.8 cm³/mol. The quantitative estimate of drug-likeness (QED) is 0.911. The number of hydrogen-bond donors (Lipinski definition) is 2. The molecule has 0 radical (unpaired) electrons. The molecule has 2 aliphatic rings. The first kappa shape index (κ1) is 13.5. The van der Waals surface area contributed by atoms with Crippen molar-refractivity contribution in [1.82, 2.24) is 15.2 Å². The van der Waals surface area contributed by atoms with Crippen molar-refractivity contribution in [1.29, 1.82) is 0 Å². The van der Waals surface area contributed by atoms with Gasteiger partial charge in [0.15, 0.2) is 5.82 Å². The van der Waals surface area contributed by atoms with Gasteiger partial charge < -0.3 is 10.1 Å². The number of anilines is 1. The Balaban J connectivity index is 1.55. The summed E-state index contributed by atoms with van der Waals surface area (Å²) in [7, 11) is 0. The molecule has 1 fully saturated rings. The minimum absolute atomic E-state index is 0.174. The molecule has 22 heavy (non-hydrogen) atoms. The maximum atomic E-state index is 12.5. The van der Waals surface area contributed by atoms with Crippen LogP contribution in [0.4, 0.5) is 5.82 Å². The van der Waals surface area contributed by atoms with Crippen LogP contribution in [0.1, 0.15) is 51.8 Å². The number of pyridine rings is 1. The molecule has 0 aromatic carbocycles. The maximum Gasteiger partial charge on any atom is 0.258 e. The van der Waals surface area contributed by atoms with Crippen molar-refractivity contribution in [3.05, 3.63) is 40.3 Å². The van der Waals surface area contributed by atoms with Crippen LogP contribution in [0.2, 0.25) is 0 Å². The van der Waals surface area contributed by atoms with E-state index in [9.17, 15) is 4.79 Å². The molecule has 6 nitrogen and oxygen atoms in total. The number of nitrogens with one attached hydrogen (secondary N) is 2. The summed E-state index contributed by atoms with van der Waals surface area (Å²) in [6.07, 6.45) is 3.21. The zero-order chi connectivity index (χ0) is 15.1. The standard InChI is InChI=1S/C16H18N4O2/c1-9-11(4-5-13(17-9)10-2-3-10)16(21)18-15-12-8-22-7-6-14(12)19-20-15/h4-5,10H,2-3,6-8H2,1H3,(H2,18,19,20,21). The number of fused-ring (bicyclic) bond motifs is 1. The predicted octanol–water partition coefficient (Wildman–Crippen LogP) is 2.32. The van der Waals surface area contributed by atoms with Crippen LogP contribution in [0.25, 0.3) is 0 Å². The van der Waals surface area contributed by atoms with Crippen LogP contribution in [0.15, 0.2) is 12.1 Å². The highest BCUT2D eigenvalue weighted by Crippen LogP contribution is 2.39. The summed E-state index contributed by atoms with van der Waals surface area (Å²) in [5.74, 6) is 0.976. The Morgan fingerprint density at radius 1 is 1.41 bits per heavy atom. The molecule has 0 bridgehead atoms. The molecule has 2 N–H and O–H groups in total. The summed E-state index contributed by atoms with van der Waals surface area (Å²) in [6, 6.07) is 3.82. The molecule has 6 heteroatoms. The fourth-order valence-corrected chi connectivity index (χ4v) is 2.82. The van der Waals surface area contributed by atoms with Crippen molar-refractivity contribution < 1.29 is 9.53 Å². The van der Waals surface area contributed by atoms with E-state index in [2.05, 4.69) is 20.5 Å². The first-order chi connectivity index (χ1) is 10.7. The molecular weight excluding hydrogens is 280 g/mol. The van der Waals surface area contributed by atoms with Gasteiger partial charge in [0.05, 0.1) is 24.5 Å². The van der Waals surface area contributed by atoms with Crippen molar-refractivity contribution in [2.45, 2.75) is 38.7 Å². The fraction of sp³-hybridized carbons (Fsp3) is 0.438. The minimum Gasteiger partial charge on any atom is -0.376 e. The molecule has 1 amide bonds. The number of hydrogen-bond acceptors (Lipinski definition) is 4. The van der Waals surface area contributed by atoms with Crippen LogP contribution < -0.4 is 5.32 Å². The van der Waals surface area contributed by atoms with Crippen LogP contribution in [0.3, 0.4) is 0 Å². The molecular formula is C16H18N4O2. The van der Waals surface area contributed by atoms with E-state index >= 15 is 0 Å². The molecule has 0 unspecified atom stereocenters. The number of aromatic amines is 1. The lowest BCUT2D eigenvalue weighted by atomic mass is 10.1. The van der Waals surface area contributed by atoms with Gasteiger partial charge >= 0.3 is 0 Å². The van der Waals surface area contributed by atoms with Crippen molar-refractivity contribution in [2.24, 2.45) is 0 Å². The van der Waals surface area contributed by atoms with E-state index in [0.717, 1.165) is 29.1 Å². The van der Waals surface area contributed by atoms with Crippen LogP contribution in [-0.4, -0.2) is 27.7 Å². The van der Waals surface area contributed by atoms with E-state index in [1.807, 2.05) is 19.1 Å². The highest BCUT2D eigenvalue weighted by Gasteiger charge is 2.26. The topological polar surface area (TPSA) is 79.9 Å². The third-order valence-corrected chi connectivity index (χ3v) is 4.28. The molecule has 2 aromatic rings. The Kier molecular flexibility index (Phi) is 3.18. The highest BCUT2D eigenvalue weighted by molar-refractivity contribution is 6.04. The van der Waals surface area contributed by atoms with E-state index in [-0.39, 0.29) is 5.91 Å². The normalized spacial score (nSPS) is 17.1. The van der Waals surface area contributed by atoms with Gasteiger partial charge in [-0.15, -0.1) is 0 Å². The lowest BCUT2D eigenvalue weighted by Gasteiger charge is -2.13. The van der Waals surface area contributed by atoms with Crippen molar-refractivity contribution in [2.75, 3.05) is 11.9 Å². The summed E-state index contributed by atoms with van der Waals surface area (Å²) >= 11 is 0. The first-order valence-electron chi connectivity index (χ1n) is 7.65. The summed E-state index contributed by atoms with van der Waals surface area (Å²) in [5.41, 5.74) is 4.44. The molecule has 1 aliphatic heterocycles. The van der Waals surface area contributed by atoms with Crippen molar-refractivity contribution in [3.63, 3.8) is 0 Å². The average Bonchev–Trinajstić information content (AvgIpc) is 3.30. The Morgan fingerprint density at radius 2 is 2.27 bits per heavy atom. The van der Waals surface area contributed by atoms with E-state index < -0.39 is 0 Å². The zero-order valence-electron chi connectivity index (χ0n) is 12.5. The van der Waals surface area contributed by atoms with E-state index in [1.165, 1.54) is 12.8 Å². The van der Waals surface area contributed by atoms with Crippen LogP contribution in [-0.2, 0) is 17.8 Å². The second kappa shape index (κ2) is 5.21. The van der Waals surface area contributed by atoms with Gasteiger partial charge in [-0.25, -0.2) is 0 Å². The number of carbonyl (C=O) groups excluding carboxylic acids is 1. The van der Waals surface area contributed by atoms with E-state index in [1.54, 1.807) is 0 Å². The zero-order valence-corrected chi connectivity index (χ0v) is 12.5. The molecule has 114 valence electrons. The lowest BCUT2D eigenvalue weighted by Crippen LogP contribution is -2.17. The van der Waals surface area contributed by atoms with Crippen molar-refractivity contribution in [3.8, 4) is 0 Å². The van der Waals surface area contributed by atoms with Crippen LogP contribution in [0, 0.1) is 6.92 Å². The van der Waals surface area contributed by atoms with Gasteiger partial charge in [0.1, 0.15) is 0 Å². The molecule has 0 atom stereocenters. The number of nitrogens with zero attached hydrogens (tertiary/aromatic N) is 2. The number of amides is 1. The highest BCUT2D eigenvalue weighted by atomic mass is 16.5. The number of ether oxygens (including phenoxy) is 1. The third-order valence-electron chi connectivity index (χ3n) is 4.28. The maximum absolute atomic E-state index is 12.5. The molecule has 4 rings (SSSR count). The number of carbonyl (C=O) groups is 1. The van der Waals surface area contributed by atoms with Gasteiger partial charge in [0, 0.05) is 29.3 Å². The Bertz CT molecular complexity index is 734. The minimum atomic E-state index is -0.174. The van der Waals surface area contributed by atoms with Gasteiger partial charge in [-0.3, -0.25) is 14.9 Å². The fourth-order valence-electron chi connectivity index (χ4n) is 2.82. The van der Waals surface area contributed by atoms with Gasteiger partial charge in [0.2, 0.25) is 0 Å². The third kappa shape index (κ3) is 2.39. The molecule has 3 heterocycles. The number of aromatic nitrogens is 3. The number of rotatable bonds is 3. The Labute approximate surface area is 128 Å². The Hall–Kier alpha value is -2.21. The number of aryl methyl sites for hydroxylation is 1. The average molecular weight is 298 g/mol. The van der Waals surface area contributed by atoms with E-state index in [0.29, 0.717) is 30.5 Å². The van der Waals surface area contributed by atoms with Gasteiger partial charge in [0.25, 0.3) is 5.91 Å². The lowest BCUT2D eigenvalue weighted by molar-refractivity contribution is 0.102. The SMILES string of the molecule is Cc1nc(C2CC2)ccc1C(=O)Nc1n[nH]c2c1COCC2. The summed E-state index contributed by atoms with van der Waals surface area (Å²) in [6.45, 7) is 3.05. The van der Waals surface area contributed by atoms with Gasteiger partial charge in [-0.05, 0) is 31.9 Å². The monoisotopic (exact) mass is 298 g/mol. The largest absolute Gasteiger partial charge is 0.376 e. The molecule has 2 aromatic heterocycles. The van der Waals surface area contributed by atoms with Gasteiger partial charge in [-0.1, -0.05) is 0 Å². The molecule has 1 saturated carbocycles. The molecule has 1 aliphatic carbocycles.